The standard InChI is InChI=1S/C10H17NO2/c1-7(12)9-4-3-8-5-13-6-10(8)11(9)2/h8-10H,3-6H2,1-2H3. The molecule has 0 saturated carbocycles. The van der Waals surface area contributed by atoms with E-state index in [4.69, 9.17) is 4.74 Å². The monoisotopic (exact) mass is 183 g/mol. The molecule has 0 aliphatic carbocycles. The van der Waals surface area contributed by atoms with Crippen LogP contribution in [0.3, 0.4) is 0 Å². The Morgan fingerprint density at radius 3 is 2.85 bits per heavy atom. The third-order valence-corrected chi connectivity index (χ3v) is 3.46. The van der Waals surface area contributed by atoms with Crippen molar-refractivity contribution in [1.29, 1.82) is 0 Å². The number of hydrogen-bond acceptors (Lipinski definition) is 3. The van der Waals surface area contributed by atoms with E-state index in [0.29, 0.717) is 17.7 Å². The molecule has 74 valence electrons. The highest BCUT2D eigenvalue weighted by molar-refractivity contribution is 5.81. The van der Waals surface area contributed by atoms with E-state index in [1.807, 2.05) is 0 Å². The summed E-state index contributed by atoms with van der Waals surface area (Å²) in [5, 5.41) is 0. The van der Waals surface area contributed by atoms with E-state index in [-0.39, 0.29) is 6.04 Å². The molecule has 3 atom stereocenters. The second kappa shape index (κ2) is 3.39. The Morgan fingerprint density at radius 2 is 2.15 bits per heavy atom. The van der Waals surface area contributed by atoms with Gasteiger partial charge in [-0.15, -0.1) is 0 Å². The molecule has 0 radical (unpaired) electrons. The summed E-state index contributed by atoms with van der Waals surface area (Å²) in [4.78, 5) is 13.5. The molecule has 0 amide bonds. The zero-order valence-corrected chi connectivity index (χ0v) is 8.32. The van der Waals surface area contributed by atoms with Gasteiger partial charge in [0, 0.05) is 12.0 Å². The highest BCUT2D eigenvalue weighted by Gasteiger charge is 2.39. The molecule has 2 saturated heterocycles. The van der Waals surface area contributed by atoms with Gasteiger partial charge >= 0.3 is 0 Å². The predicted molar refractivity (Wildman–Crippen MR) is 49.6 cm³/mol. The molecular weight excluding hydrogens is 166 g/mol. The number of likely N-dealkylation sites (N-methyl/N-ethyl adjacent to an activating group) is 1. The number of carbonyl (C=O) groups is 1. The van der Waals surface area contributed by atoms with Crippen molar-refractivity contribution in [3.8, 4) is 0 Å². The smallest absolute Gasteiger partial charge is 0.146 e. The minimum atomic E-state index is 0.142. The second-order valence-electron chi connectivity index (χ2n) is 4.23. The molecule has 2 heterocycles. The number of nitrogens with zero attached hydrogens (tertiary/aromatic N) is 1. The number of fused-ring (bicyclic) bond motifs is 1. The fourth-order valence-electron chi connectivity index (χ4n) is 2.61. The zero-order chi connectivity index (χ0) is 9.42. The third kappa shape index (κ3) is 1.51. The van der Waals surface area contributed by atoms with E-state index in [1.54, 1.807) is 6.92 Å². The SMILES string of the molecule is CC(=O)C1CCC2COCC2N1C. The van der Waals surface area contributed by atoms with Crippen LogP contribution in [0.5, 0.6) is 0 Å². The molecule has 2 rings (SSSR count). The van der Waals surface area contributed by atoms with Gasteiger partial charge in [-0.1, -0.05) is 0 Å². The maximum Gasteiger partial charge on any atom is 0.146 e. The number of rotatable bonds is 1. The summed E-state index contributed by atoms with van der Waals surface area (Å²) in [7, 11) is 2.05. The van der Waals surface area contributed by atoms with Crippen molar-refractivity contribution in [3.05, 3.63) is 0 Å². The number of ketones is 1. The lowest BCUT2D eigenvalue weighted by Crippen LogP contribution is -2.51. The van der Waals surface area contributed by atoms with Crippen LogP contribution < -0.4 is 0 Å². The molecule has 0 spiro atoms. The summed E-state index contributed by atoms with van der Waals surface area (Å²) in [6.45, 7) is 3.39. The van der Waals surface area contributed by atoms with Crippen LogP contribution in [0, 0.1) is 5.92 Å². The van der Waals surface area contributed by atoms with E-state index in [0.717, 1.165) is 26.1 Å². The molecule has 0 aromatic carbocycles. The third-order valence-electron chi connectivity index (χ3n) is 3.46. The first kappa shape index (κ1) is 9.16. The fraction of sp³-hybridized carbons (Fsp3) is 0.900. The highest BCUT2D eigenvalue weighted by Crippen LogP contribution is 2.31. The summed E-state index contributed by atoms with van der Waals surface area (Å²) < 4.78 is 5.44. The molecule has 0 aromatic heterocycles. The van der Waals surface area contributed by atoms with E-state index in [1.165, 1.54) is 0 Å². The van der Waals surface area contributed by atoms with Gasteiger partial charge in [0.1, 0.15) is 5.78 Å². The first-order chi connectivity index (χ1) is 6.20. The summed E-state index contributed by atoms with van der Waals surface area (Å²) in [5.41, 5.74) is 0. The topological polar surface area (TPSA) is 29.5 Å². The van der Waals surface area contributed by atoms with Crippen LogP contribution in [0.2, 0.25) is 0 Å². The molecule has 3 heteroatoms. The molecule has 0 aromatic rings. The van der Waals surface area contributed by atoms with E-state index in [9.17, 15) is 4.79 Å². The molecule has 0 bridgehead atoms. The van der Waals surface area contributed by atoms with Crippen LogP contribution in [0.15, 0.2) is 0 Å². The van der Waals surface area contributed by atoms with Crippen molar-refractivity contribution >= 4 is 5.78 Å². The van der Waals surface area contributed by atoms with Crippen LogP contribution in [0.4, 0.5) is 0 Å². The molecule has 2 fully saturated rings. The van der Waals surface area contributed by atoms with Gasteiger partial charge < -0.3 is 4.74 Å². The van der Waals surface area contributed by atoms with Crippen molar-refractivity contribution in [2.45, 2.75) is 31.8 Å². The van der Waals surface area contributed by atoms with Gasteiger partial charge in [0.25, 0.3) is 0 Å². The quantitative estimate of drug-likeness (QED) is 0.599. The highest BCUT2D eigenvalue weighted by atomic mass is 16.5. The number of carbonyl (C=O) groups excluding carboxylic acids is 1. The van der Waals surface area contributed by atoms with Crippen LogP contribution in [0.25, 0.3) is 0 Å². The Balaban J connectivity index is 2.08. The first-order valence-corrected chi connectivity index (χ1v) is 5.00. The first-order valence-electron chi connectivity index (χ1n) is 5.00. The van der Waals surface area contributed by atoms with Gasteiger partial charge in [-0.05, 0) is 26.8 Å². The van der Waals surface area contributed by atoms with E-state index >= 15 is 0 Å². The van der Waals surface area contributed by atoms with E-state index < -0.39 is 0 Å². The molecule has 13 heavy (non-hydrogen) atoms. The summed E-state index contributed by atoms with van der Waals surface area (Å²) in [6.07, 6.45) is 2.16. The number of hydrogen-bond donors (Lipinski definition) is 0. The van der Waals surface area contributed by atoms with Crippen molar-refractivity contribution in [1.82, 2.24) is 4.90 Å². The maximum absolute atomic E-state index is 11.3. The average Bonchev–Trinajstić information content (AvgIpc) is 2.52. The van der Waals surface area contributed by atoms with Crippen molar-refractivity contribution in [3.63, 3.8) is 0 Å². The van der Waals surface area contributed by atoms with Crippen molar-refractivity contribution < 1.29 is 9.53 Å². The number of ether oxygens (including phenoxy) is 1. The lowest BCUT2D eigenvalue weighted by atomic mass is 9.87. The maximum atomic E-state index is 11.3. The van der Waals surface area contributed by atoms with Gasteiger partial charge in [-0.2, -0.15) is 0 Å². The van der Waals surface area contributed by atoms with Crippen LogP contribution in [0.1, 0.15) is 19.8 Å². The second-order valence-corrected chi connectivity index (χ2v) is 4.23. The molecule has 3 unspecified atom stereocenters. The lowest BCUT2D eigenvalue weighted by Gasteiger charge is -2.39. The van der Waals surface area contributed by atoms with Gasteiger partial charge in [0.15, 0.2) is 0 Å². The van der Waals surface area contributed by atoms with Gasteiger partial charge in [-0.25, -0.2) is 0 Å². The Morgan fingerprint density at radius 1 is 1.38 bits per heavy atom. The predicted octanol–water partition coefficient (Wildman–Crippen LogP) is 0.685. The van der Waals surface area contributed by atoms with Crippen molar-refractivity contribution in [2.24, 2.45) is 5.92 Å². The Bertz CT molecular complexity index is 217. The Hall–Kier alpha value is -0.410. The number of Topliss-reactive ketones (excluding diaryl/α,β-unsaturated/α-hetero) is 1. The summed E-state index contributed by atoms with van der Waals surface area (Å²) >= 11 is 0. The molecule has 0 N–H and O–H groups in total. The van der Waals surface area contributed by atoms with Gasteiger partial charge in [0.2, 0.25) is 0 Å². The Kier molecular flexibility index (Phi) is 2.39. The normalized spacial score (nSPS) is 40.3. The van der Waals surface area contributed by atoms with Crippen LogP contribution in [-0.4, -0.2) is 43.0 Å². The minimum absolute atomic E-state index is 0.142. The van der Waals surface area contributed by atoms with Crippen molar-refractivity contribution in [2.75, 3.05) is 20.3 Å². The molecular formula is C10H17NO2. The molecule has 2 aliphatic heterocycles. The molecule has 2 aliphatic rings. The summed E-state index contributed by atoms with van der Waals surface area (Å²) in [6, 6.07) is 0.630. The summed E-state index contributed by atoms with van der Waals surface area (Å²) in [5.74, 6) is 0.966. The van der Waals surface area contributed by atoms with Gasteiger partial charge in [0.05, 0.1) is 19.3 Å². The van der Waals surface area contributed by atoms with E-state index in [2.05, 4.69) is 11.9 Å². The van der Waals surface area contributed by atoms with Crippen LogP contribution in [-0.2, 0) is 9.53 Å². The zero-order valence-electron chi connectivity index (χ0n) is 8.32. The largest absolute Gasteiger partial charge is 0.379 e. The number of likely N-dealkylation sites (tertiary alicyclic amines) is 1. The van der Waals surface area contributed by atoms with Crippen LogP contribution >= 0.6 is 0 Å². The van der Waals surface area contributed by atoms with Gasteiger partial charge in [-0.3, -0.25) is 9.69 Å². The average molecular weight is 183 g/mol. The fourth-order valence-corrected chi connectivity index (χ4v) is 2.61. The molecule has 3 nitrogen and oxygen atoms in total. The minimum Gasteiger partial charge on any atom is -0.379 e. The number of piperidine rings is 1. The Labute approximate surface area is 79.0 Å². The lowest BCUT2D eigenvalue weighted by molar-refractivity contribution is -0.124.